The molecule has 3 nitrogen and oxygen atoms in total. The molecule has 0 aliphatic heterocycles. The van der Waals surface area contributed by atoms with Gasteiger partial charge in [0.2, 0.25) is 5.91 Å². The van der Waals surface area contributed by atoms with Crippen molar-refractivity contribution in [2.24, 2.45) is 11.7 Å². The fraction of sp³-hybridized carbons (Fsp3) is 0.533. The van der Waals surface area contributed by atoms with Crippen LogP contribution in [-0.4, -0.2) is 11.9 Å². The third kappa shape index (κ3) is 3.33. The summed E-state index contributed by atoms with van der Waals surface area (Å²) >= 11 is 0. The Morgan fingerprint density at radius 1 is 1.39 bits per heavy atom. The van der Waals surface area contributed by atoms with E-state index in [1.54, 1.807) is 0 Å². The third-order valence-electron chi connectivity index (χ3n) is 3.49. The van der Waals surface area contributed by atoms with Crippen LogP contribution in [0.2, 0.25) is 0 Å². The molecule has 0 saturated heterocycles. The Bertz CT molecular complexity index is 387. The van der Waals surface area contributed by atoms with E-state index in [2.05, 4.69) is 17.4 Å². The molecule has 0 bridgehead atoms. The number of amides is 1. The summed E-state index contributed by atoms with van der Waals surface area (Å²) in [4.78, 5) is 12.0. The van der Waals surface area contributed by atoms with Crippen LogP contribution in [0, 0.1) is 5.92 Å². The van der Waals surface area contributed by atoms with Gasteiger partial charge in [-0.2, -0.15) is 0 Å². The predicted octanol–water partition coefficient (Wildman–Crippen LogP) is 2.38. The van der Waals surface area contributed by atoms with Crippen LogP contribution in [0.5, 0.6) is 0 Å². The van der Waals surface area contributed by atoms with Crippen LogP contribution in [0.1, 0.15) is 44.2 Å². The molecule has 2 rings (SSSR count). The van der Waals surface area contributed by atoms with E-state index in [9.17, 15) is 4.79 Å². The molecular weight excluding hydrogens is 224 g/mol. The van der Waals surface area contributed by atoms with Gasteiger partial charge in [0.15, 0.2) is 0 Å². The van der Waals surface area contributed by atoms with Crippen molar-refractivity contribution < 1.29 is 4.79 Å². The van der Waals surface area contributed by atoms with Crippen molar-refractivity contribution in [1.29, 1.82) is 0 Å². The van der Waals surface area contributed by atoms with E-state index in [-0.39, 0.29) is 18.0 Å². The number of carbonyl (C=O) groups excluding carboxylic acids is 1. The first-order valence-corrected chi connectivity index (χ1v) is 6.83. The van der Waals surface area contributed by atoms with Gasteiger partial charge in [0, 0.05) is 0 Å². The lowest BCUT2D eigenvalue weighted by Crippen LogP contribution is -2.42. The Hall–Kier alpha value is -1.35. The highest BCUT2D eigenvalue weighted by Crippen LogP contribution is 2.40. The minimum Gasteiger partial charge on any atom is -0.348 e. The zero-order chi connectivity index (χ0) is 13.0. The summed E-state index contributed by atoms with van der Waals surface area (Å²) in [6, 6.07) is 9.95. The van der Waals surface area contributed by atoms with Gasteiger partial charge >= 0.3 is 0 Å². The number of hydrogen-bond acceptors (Lipinski definition) is 2. The summed E-state index contributed by atoms with van der Waals surface area (Å²) in [5.41, 5.74) is 7.05. The molecule has 18 heavy (non-hydrogen) atoms. The summed E-state index contributed by atoms with van der Waals surface area (Å²) in [5.74, 6) is 0.572. The molecule has 1 aromatic rings. The zero-order valence-electron chi connectivity index (χ0n) is 10.9. The second-order valence-corrected chi connectivity index (χ2v) is 5.13. The molecule has 1 amide bonds. The second kappa shape index (κ2) is 6.01. The maximum absolute atomic E-state index is 12.0. The van der Waals surface area contributed by atoms with Crippen LogP contribution in [0.15, 0.2) is 30.3 Å². The van der Waals surface area contributed by atoms with Crippen LogP contribution in [0.25, 0.3) is 0 Å². The van der Waals surface area contributed by atoms with Crippen molar-refractivity contribution in [3.05, 3.63) is 35.9 Å². The lowest BCUT2D eigenvalue weighted by Gasteiger charge is -2.21. The van der Waals surface area contributed by atoms with Gasteiger partial charge in [-0.25, -0.2) is 0 Å². The topological polar surface area (TPSA) is 55.1 Å². The standard InChI is InChI=1S/C15H22N2O/c1-2-6-13(16)15(18)17-14(12-9-10-12)11-7-4-3-5-8-11/h3-5,7-8,12-14H,2,6,9-10,16H2,1H3,(H,17,18)/t13-,14?/m0/s1. The number of nitrogens with one attached hydrogen (secondary N) is 1. The van der Waals surface area contributed by atoms with Crippen LogP contribution >= 0.6 is 0 Å². The van der Waals surface area contributed by atoms with Gasteiger partial charge in [-0.1, -0.05) is 43.7 Å². The monoisotopic (exact) mass is 246 g/mol. The van der Waals surface area contributed by atoms with Crippen LogP contribution in [-0.2, 0) is 4.79 Å². The normalized spacial score (nSPS) is 18.1. The molecule has 3 heteroatoms. The number of nitrogens with two attached hydrogens (primary N) is 1. The maximum atomic E-state index is 12.0. The Balaban J connectivity index is 2.01. The highest BCUT2D eigenvalue weighted by Gasteiger charge is 2.33. The van der Waals surface area contributed by atoms with Gasteiger partial charge in [0.25, 0.3) is 0 Å². The highest BCUT2D eigenvalue weighted by molar-refractivity contribution is 5.81. The number of rotatable bonds is 6. The van der Waals surface area contributed by atoms with Crippen molar-refractivity contribution in [3.63, 3.8) is 0 Å². The van der Waals surface area contributed by atoms with E-state index >= 15 is 0 Å². The minimum absolute atomic E-state index is 0.0161. The molecule has 1 unspecified atom stereocenters. The summed E-state index contributed by atoms with van der Waals surface area (Å²) < 4.78 is 0. The first-order valence-electron chi connectivity index (χ1n) is 6.83. The van der Waals surface area contributed by atoms with Gasteiger partial charge in [0.1, 0.15) is 0 Å². The predicted molar refractivity (Wildman–Crippen MR) is 72.9 cm³/mol. The van der Waals surface area contributed by atoms with Gasteiger partial charge < -0.3 is 11.1 Å². The quantitative estimate of drug-likeness (QED) is 0.809. The molecule has 1 fully saturated rings. The molecular formula is C15H22N2O. The molecule has 3 N–H and O–H groups in total. The Morgan fingerprint density at radius 3 is 2.61 bits per heavy atom. The van der Waals surface area contributed by atoms with E-state index in [0.717, 1.165) is 12.8 Å². The lowest BCUT2D eigenvalue weighted by atomic mass is 10.0. The SMILES string of the molecule is CCC[C@H](N)C(=O)NC(c1ccccc1)C1CC1. The summed E-state index contributed by atoms with van der Waals surface area (Å²) in [7, 11) is 0. The van der Waals surface area contributed by atoms with E-state index in [1.807, 2.05) is 25.1 Å². The van der Waals surface area contributed by atoms with Crippen LogP contribution < -0.4 is 11.1 Å². The average Bonchev–Trinajstić information content (AvgIpc) is 3.21. The van der Waals surface area contributed by atoms with E-state index in [4.69, 9.17) is 5.73 Å². The van der Waals surface area contributed by atoms with Crippen molar-refractivity contribution >= 4 is 5.91 Å². The molecule has 0 aromatic heterocycles. The number of benzene rings is 1. The van der Waals surface area contributed by atoms with Gasteiger partial charge in [-0.3, -0.25) is 4.79 Å². The molecule has 2 atom stereocenters. The highest BCUT2D eigenvalue weighted by atomic mass is 16.2. The number of hydrogen-bond donors (Lipinski definition) is 2. The van der Waals surface area contributed by atoms with Gasteiger partial charge in [-0.15, -0.1) is 0 Å². The molecule has 1 aliphatic rings. The maximum Gasteiger partial charge on any atom is 0.237 e. The minimum atomic E-state index is -0.375. The molecule has 1 aliphatic carbocycles. The smallest absolute Gasteiger partial charge is 0.237 e. The number of carbonyl (C=O) groups is 1. The molecule has 0 heterocycles. The second-order valence-electron chi connectivity index (χ2n) is 5.13. The first kappa shape index (κ1) is 13.1. The Labute approximate surface area is 109 Å². The molecule has 98 valence electrons. The van der Waals surface area contributed by atoms with E-state index < -0.39 is 0 Å². The van der Waals surface area contributed by atoms with Crippen LogP contribution in [0.3, 0.4) is 0 Å². The fourth-order valence-corrected chi connectivity index (χ4v) is 2.27. The van der Waals surface area contributed by atoms with Crippen molar-refractivity contribution in [2.75, 3.05) is 0 Å². The zero-order valence-corrected chi connectivity index (χ0v) is 10.9. The van der Waals surface area contributed by atoms with E-state index in [0.29, 0.717) is 5.92 Å². The summed E-state index contributed by atoms with van der Waals surface area (Å²) in [6.07, 6.45) is 4.08. The lowest BCUT2D eigenvalue weighted by molar-refractivity contribution is -0.123. The van der Waals surface area contributed by atoms with Crippen LogP contribution in [0.4, 0.5) is 0 Å². The molecule has 1 saturated carbocycles. The van der Waals surface area contributed by atoms with E-state index in [1.165, 1.54) is 18.4 Å². The Morgan fingerprint density at radius 2 is 2.06 bits per heavy atom. The molecule has 1 aromatic carbocycles. The summed E-state index contributed by atoms with van der Waals surface area (Å²) in [6.45, 7) is 2.04. The van der Waals surface area contributed by atoms with Gasteiger partial charge in [-0.05, 0) is 30.7 Å². The largest absolute Gasteiger partial charge is 0.348 e. The summed E-state index contributed by atoms with van der Waals surface area (Å²) in [5, 5.41) is 3.12. The average molecular weight is 246 g/mol. The third-order valence-corrected chi connectivity index (χ3v) is 3.49. The Kier molecular flexibility index (Phi) is 4.37. The first-order chi connectivity index (χ1) is 8.72. The van der Waals surface area contributed by atoms with Crippen molar-refractivity contribution in [2.45, 2.75) is 44.7 Å². The van der Waals surface area contributed by atoms with Crippen molar-refractivity contribution in [1.82, 2.24) is 5.32 Å². The fourth-order valence-electron chi connectivity index (χ4n) is 2.27. The van der Waals surface area contributed by atoms with Crippen molar-refractivity contribution in [3.8, 4) is 0 Å². The van der Waals surface area contributed by atoms with Gasteiger partial charge in [0.05, 0.1) is 12.1 Å². The molecule has 0 radical (unpaired) electrons. The molecule has 0 spiro atoms.